The summed E-state index contributed by atoms with van der Waals surface area (Å²) in [7, 11) is 1.67. The molecule has 1 N–H and O–H groups in total. The summed E-state index contributed by atoms with van der Waals surface area (Å²) in [5, 5.41) is 2.98. The summed E-state index contributed by atoms with van der Waals surface area (Å²) >= 11 is 0. The molecule has 1 aromatic heterocycles. The Hall–Kier alpha value is -2.43. The van der Waals surface area contributed by atoms with Crippen LogP contribution in [0.4, 0.5) is 5.69 Å². The number of hydrogen-bond donors (Lipinski definition) is 1. The second-order valence-electron chi connectivity index (χ2n) is 5.82. The number of ether oxygens (including phenoxy) is 1. The lowest BCUT2D eigenvalue weighted by Crippen LogP contribution is -2.40. The Morgan fingerprint density at radius 1 is 1.43 bits per heavy atom. The lowest BCUT2D eigenvalue weighted by atomic mass is 10.0. The van der Waals surface area contributed by atoms with Gasteiger partial charge in [0.25, 0.3) is 0 Å². The number of amides is 1. The maximum atomic E-state index is 12.3. The van der Waals surface area contributed by atoms with Crippen molar-refractivity contribution < 1.29 is 13.9 Å². The van der Waals surface area contributed by atoms with E-state index in [1.54, 1.807) is 13.4 Å². The van der Waals surface area contributed by atoms with Crippen molar-refractivity contribution in [2.24, 2.45) is 0 Å². The van der Waals surface area contributed by atoms with Crippen LogP contribution in [0.1, 0.15) is 30.7 Å². The van der Waals surface area contributed by atoms with E-state index in [2.05, 4.69) is 16.3 Å². The fourth-order valence-corrected chi connectivity index (χ4v) is 3.01. The topological polar surface area (TPSA) is 54.7 Å². The predicted octanol–water partition coefficient (Wildman–Crippen LogP) is 2.92. The van der Waals surface area contributed by atoms with Gasteiger partial charge in [-0.15, -0.1) is 0 Å². The fraction of sp³-hybridized carbons (Fsp3) is 0.389. The number of anilines is 1. The second-order valence-corrected chi connectivity index (χ2v) is 5.82. The van der Waals surface area contributed by atoms with Crippen molar-refractivity contribution in [3.8, 4) is 5.75 Å². The molecule has 3 rings (SSSR count). The van der Waals surface area contributed by atoms with E-state index in [1.165, 1.54) is 5.56 Å². The standard InChI is InChI=1S/C18H22N2O3/c1-13(17-6-4-10-23-17)19-18(21)12-20-9-3-5-14-11-15(22-2)7-8-16(14)20/h4,6-8,10-11,13H,3,5,9,12H2,1-2H3,(H,19,21). The Bertz CT molecular complexity index is 667. The first kappa shape index (κ1) is 15.5. The van der Waals surface area contributed by atoms with Gasteiger partial charge < -0.3 is 19.4 Å². The van der Waals surface area contributed by atoms with E-state index in [0.29, 0.717) is 6.54 Å². The molecule has 1 aliphatic rings. The number of nitrogens with one attached hydrogen (secondary N) is 1. The van der Waals surface area contributed by atoms with E-state index in [-0.39, 0.29) is 11.9 Å². The van der Waals surface area contributed by atoms with Gasteiger partial charge in [-0.3, -0.25) is 4.79 Å². The molecule has 0 spiro atoms. The lowest BCUT2D eigenvalue weighted by Gasteiger charge is -2.31. The van der Waals surface area contributed by atoms with Crippen LogP contribution >= 0.6 is 0 Å². The van der Waals surface area contributed by atoms with Gasteiger partial charge in [0.2, 0.25) is 5.91 Å². The Morgan fingerprint density at radius 3 is 3.04 bits per heavy atom. The van der Waals surface area contributed by atoms with Crippen molar-refractivity contribution in [2.75, 3.05) is 25.1 Å². The zero-order valence-electron chi connectivity index (χ0n) is 13.5. The molecule has 1 aliphatic heterocycles. The number of benzene rings is 1. The highest BCUT2D eigenvalue weighted by Crippen LogP contribution is 2.30. The van der Waals surface area contributed by atoms with Crippen molar-refractivity contribution in [3.05, 3.63) is 47.9 Å². The minimum Gasteiger partial charge on any atom is -0.497 e. The van der Waals surface area contributed by atoms with E-state index in [1.807, 2.05) is 31.2 Å². The average Bonchev–Trinajstić information content (AvgIpc) is 3.09. The van der Waals surface area contributed by atoms with E-state index in [4.69, 9.17) is 9.15 Å². The summed E-state index contributed by atoms with van der Waals surface area (Å²) in [6, 6.07) is 9.61. The third-order valence-electron chi connectivity index (χ3n) is 4.18. The normalized spacial score (nSPS) is 15.0. The summed E-state index contributed by atoms with van der Waals surface area (Å²) in [4.78, 5) is 14.5. The Kier molecular flexibility index (Phi) is 4.55. The Morgan fingerprint density at radius 2 is 2.30 bits per heavy atom. The van der Waals surface area contributed by atoms with Crippen LogP contribution in [0.3, 0.4) is 0 Å². The molecule has 0 fully saturated rings. The SMILES string of the molecule is COc1ccc2c(c1)CCCN2CC(=O)NC(C)c1ccco1. The van der Waals surface area contributed by atoms with Gasteiger partial charge >= 0.3 is 0 Å². The Balaban J connectivity index is 1.66. The molecule has 5 heteroatoms. The number of rotatable bonds is 5. The van der Waals surface area contributed by atoms with Crippen LogP contribution in [0.2, 0.25) is 0 Å². The smallest absolute Gasteiger partial charge is 0.240 e. The molecule has 2 aromatic rings. The van der Waals surface area contributed by atoms with Crippen molar-refractivity contribution in [1.29, 1.82) is 0 Å². The highest BCUT2D eigenvalue weighted by Gasteiger charge is 2.21. The summed E-state index contributed by atoms with van der Waals surface area (Å²) in [5.74, 6) is 1.63. The number of nitrogens with zero attached hydrogens (tertiary/aromatic N) is 1. The van der Waals surface area contributed by atoms with Gasteiger partial charge in [0, 0.05) is 12.2 Å². The van der Waals surface area contributed by atoms with Gasteiger partial charge in [-0.1, -0.05) is 0 Å². The van der Waals surface area contributed by atoms with Crippen LogP contribution < -0.4 is 15.0 Å². The van der Waals surface area contributed by atoms with Crippen LogP contribution in [0.5, 0.6) is 5.75 Å². The third kappa shape index (κ3) is 3.50. The molecule has 0 saturated carbocycles. The molecular formula is C18H22N2O3. The van der Waals surface area contributed by atoms with Gasteiger partial charge in [-0.2, -0.15) is 0 Å². The number of carbonyl (C=O) groups is 1. The molecule has 1 amide bonds. The van der Waals surface area contributed by atoms with Crippen LogP contribution in [0.15, 0.2) is 41.0 Å². The van der Waals surface area contributed by atoms with E-state index >= 15 is 0 Å². The number of hydrogen-bond acceptors (Lipinski definition) is 4. The first-order chi connectivity index (χ1) is 11.2. The van der Waals surface area contributed by atoms with E-state index in [0.717, 1.165) is 36.6 Å². The predicted molar refractivity (Wildman–Crippen MR) is 88.8 cm³/mol. The molecule has 1 unspecified atom stereocenters. The number of methoxy groups -OCH3 is 1. The molecule has 2 heterocycles. The summed E-state index contributed by atoms with van der Waals surface area (Å²) in [6.07, 6.45) is 3.68. The van der Waals surface area contributed by atoms with Crippen LogP contribution in [-0.4, -0.2) is 26.1 Å². The second kappa shape index (κ2) is 6.77. The highest BCUT2D eigenvalue weighted by atomic mass is 16.5. The lowest BCUT2D eigenvalue weighted by molar-refractivity contribution is -0.120. The molecule has 122 valence electrons. The molecule has 0 radical (unpaired) electrons. The minimum absolute atomic E-state index is 0.00225. The molecule has 1 aromatic carbocycles. The summed E-state index contributed by atoms with van der Waals surface area (Å²) < 4.78 is 10.6. The first-order valence-corrected chi connectivity index (χ1v) is 7.92. The quantitative estimate of drug-likeness (QED) is 0.922. The molecule has 23 heavy (non-hydrogen) atoms. The van der Waals surface area contributed by atoms with Crippen molar-refractivity contribution in [2.45, 2.75) is 25.8 Å². The molecule has 5 nitrogen and oxygen atoms in total. The van der Waals surface area contributed by atoms with Gasteiger partial charge in [-0.05, 0) is 55.7 Å². The summed E-state index contributed by atoms with van der Waals surface area (Å²) in [5.41, 5.74) is 2.36. The molecular weight excluding hydrogens is 292 g/mol. The molecule has 0 aliphatic carbocycles. The van der Waals surface area contributed by atoms with Gasteiger partial charge in [0.15, 0.2) is 0 Å². The van der Waals surface area contributed by atoms with E-state index < -0.39 is 0 Å². The average molecular weight is 314 g/mol. The van der Waals surface area contributed by atoms with Crippen LogP contribution in [-0.2, 0) is 11.2 Å². The largest absolute Gasteiger partial charge is 0.497 e. The van der Waals surface area contributed by atoms with Crippen LogP contribution in [0, 0.1) is 0 Å². The van der Waals surface area contributed by atoms with Crippen molar-refractivity contribution >= 4 is 11.6 Å². The monoisotopic (exact) mass is 314 g/mol. The summed E-state index contributed by atoms with van der Waals surface area (Å²) in [6.45, 7) is 3.16. The van der Waals surface area contributed by atoms with Gasteiger partial charge in [0.1, 0.15) is 11.5 Å². The highest BCUT2D eigenvalue weighted by molar-refractivity contribution is 5.82. The molecule has 0 saturated heterocycles. The maximum absolute atomic E-state index is 12.3. The van der Waals surface area contributed by atoms with Gasteiger partial charge in [0.05, 0.1) is 26.0 Å². The van der Waals surface area contributed by atoms with Gasteiger partial charge in [-0.25, -0.2) is 0 Å². The number of furan rings is 1. The zero-order valence-corrected chi connectivity index (χ0v) is 13.5. The van der Waals surface area contributed by atoms with Crippen molar-refractivity contribution in [3.63, 3.8) is 0 Å². The number of carbonyl (C=O) groups excluding carboxylic acids is 1. The van der Waals surface area contributed by atoms with Crippen LogP contribution in [0.25, 0.3) is 0 Å². The van der Waals surface area contributed by atoms with E-state index in [9.17, 15) is 4.79 Å². The van der Waals surface area contributed by atoms with Crippen molar-refractivity contribution in [1.82, 2.24) is 5.32 Å². The number of aryl methyl sites for hydroxylation is 1. The minimum atomic E-state index is -0.127. The fourth-order valence-electron chi connectivity index (χ4n) is 3.01. The Labute approximate surface area is 136 Å². The molecule has 0 bridgehead atoms. The maximum Gasteiger partial charge on any atom is 0.240 e. The molecule has 1 atom stereocenters. The first-order valence-electron chi connectivity index (χ1n) is 7.92. The zero-order chi connectivity index (χ0) is 16.2. The number of fused-ring (bicyclic) bond motifs is 1. The third-order valence-corrected chi connectivity index (χ3v) is 4.18.